The number of fused-ring (bicyclic) bond motifs is 1. The van der Waals surface area contributed by atoms with Crippen LogP contribution >= 0.6 is 10.7 Å². The van der Waals surface area contributed by atoms with Crippen LogP contribution in [0.25, 0.3) is 0 Å². The molecule has 0 radical (unpaired) electrons. The fourth-order valence-electron chi connectivity index (χ4n) is 2.12. The summed E-state index contributed by atoms with van der Waals surface area (Å²) in [6, 6.07) is 3.39. The topological polar surface area (TPSA) is 63.2 Å². The highest BCUT2D eigenvalue weighted by atomic mass is 35.7. The molecule has 4 nitrogen and oxygen atoms in total. The second-order valence-corrected chi connectivity index (χ2v) is 7.01. The third-order valence-electron chi connectivity index (χ3n) is 2.98. The summed E-state index contributed by atoms with van der Waals surface area (Å²) in [4.78, 5) is 10.7. The summed E-state index contributed by atoms with van der Waals surface area (Å²) in [5.41, 5.74) is 1.26. The van der Waals surface area contributed by atoms with Gasteiger partial charge in [-0.25, -0.2) is 8.42 Å². The number of alkyl halides is 3. The van der Waals surface area contributed by atoms with Gasteiger partial charge in [-0.1, -0.05) is 6.07 Å². The van der Waals surface area contributed by atoms with Gasteiger partial charge in [0.1, 0.15) is 0 Å². The predicted octanol–water partition coefficient (Wildman–Crippen LogP) is 1.76. The normalized spacial score (nSPS) is 18.7. The highest BCUT2D eigenvalue weighted by Gasteiger charge is 2.40. The first-order valence-corrected chi connectivity index (χ1v) is 7.82. The van der Waals surface area contributed by atoms with Gasteiger partial charge in [-0.2, -0.15) is 13.2 Å². The lowest BCUT2D eigenvalue weighted by atomic mass is 10.1. The van der Waals surface area contributed by atoms with E-state index in [1.807, 2.05) is 5.32 Å². The largest absolute Gasteiger partial charge is 0.471 e. The first-order chi connectivity index (χ1) is 9.07. The summed E-state index contributed by atoms with van der Waals surface area (Å²) in [5, 5.41) is 1.88. The molecule has 1 aromatic carbocycles. The van der Waals surface area contributed by atoms with Crippen molar-refractivity contribution >= 4 is 25.6 Å². The number of benzene rings is 1. The number of carbonyl (C=O) groups excluding carboxylic acids is 1. The molecule has 0 aliphatic heterocycles. The van der Waals surface area contributed by atoms with E-state index in [1.54, 1.807) is 0 Å². The van der Waals surface area contributed by atoms with Crippen molar-refractivity contribution in [1.29, 1.82) is 0 Å². The number of nitrogens with one attached hydrogen (secondary N) is 1. The predicted molar refractivity (Wildman–Crippen MR) is 64.9 cm³/mol. The van der Waals surface area contributed by atoms with Crippen LogP contribution in [-0.2, 0) is 26.7 Å². The Labute approximate surface area is 117 Å². The van der Waals surface area contributed by atoms with Crippen LogP contribution in [0, 0.1) is 0 Å². The van der Waals surface area contributed by atoms with Crippen molar-refractivity contribution in [2.75, 3.05) is 0 Å². The fraction of sp³-hybridized carbons (Fsp3) is 0.364. The van der Waals surface area contributed by atoms with Crippen molar-refractivity contribution in [3.63, 3.8) is 0 Å². The van der Waals surface area contributed by atoms with E-state index in [4.69, 9.17) is 10.7 Å². The number of hydrogen-bond acceptors (Lipinski definition) is 3. The molecular formula is C11H9ClF3NO3S. The van der Waals surface area contributed by atoms with Crippen molar-refractivity contribution < 1.29 is 26.4 Å². The van der Waals surface area contributed by atoms with Crippen LogP contribution < -0.4 is 5.32 Å². The molecule has 1 atom stereocenters. The number of hydrogen-bond donors (Lipinski definition) is 1. The quantitative estimate of drug-likeness (QED) is 0.842. The molecule has 0 bridgehead atoms. The lowest BCUT2D eigenvalue weighted by molar-refractivity contribution is -0.174. The van der Waals surface area contributed by atoms with Crippen LogP contribution in [0.2, 0.25) is 0 Å². The van der Waals surface area contributed by atoms with Gasteiger partial charge in [-0.3, -0.25) is 4.79 Å². The first kappa shape index (κ1) is 15.1. The van der Waals surface area contributed by atoms with E-state index in [9.17, 15) is 26.4 Å². The number of halogens is 4. The molecule has 1 aromatic rings. The third kappa shape index (κ3) is 3.24. The Hall–Kier alpha value is -1.28. The molecule has 1 amide bonds. The van der Waals surface area contributed by atoms with Gasteiger partial charge in [0.15, 0.2) is 0 Å². The maximum absolute atomic E-state index is 12.1. The molecule has 20 heavy (non-hydrogen) atoms. The Kier molecular flexibility index (Phi) is 3.72. The zero-order valence-corrected chi connectivity index (χ0v) is 11.4. The monoisotopic (exact) mass is 327 g/mol. The molecular weight excluding hydrogens is 319 g/mol. The molecule has 0 saturated heterocycles. The summed E-state index contributed by atoms with van der Waals surface area (Å²) in [7, 11) is 1.31. The average molecular weight is 328 g/mol. The highest BCUT2D eigenvalue weighted by Crippen LogP contribution is 2.27. The smallest absolute Gasteiger partial charge is 0.345 e. The van der Waals surface area contributed by atoms with Crippen molar-refractivity contribution in [2.24, 2.45) is 0 Å². The summed E-state index contributed by atoms with van der Waals surface area (Å²) in [5.74, 6) is -2.00. The lowest BCUT2D eigenvalue weighted by Crippen LogP contribution is -2.43. The molecule has 9 heteroatoms. The van der Waals surface area contributed by atoms with Crippen LogP contribution in [-0.4, -0.2) is 26.5 Å². The summed E-state index contributed by atoms with van der Waals surface area (Å²) in [6.07, 6.45) is -4.57. The van der Waals surface area contributed by atoms with E-state index >= 15 is 0 Å². The summed E-state index contributed by atoms with van der Waals surface area (Å²) < 4.78 is 58.8. The summed E-state index contributed by atoms with van der Waals surface area (Å²) in [6.45, 7) is 0. The lowest BCUT2D eigenvalue weighted by Gasteiger charge is -2.13. The van der Waals surface area contributed by atoms with Crippen LogP contribution in [0.1, 0.15) is 11.1 Å². The van der Waals surface area contributed by atoms with E-state index in [1.165, 1.54) is 18.2 Å². The fourth-order valence-corrected chi connectivity index (χ4v) is 2.92. The van der Waals surface area contributed by atoms with Crippen molar-refractivity contribution in [2.45, 2.75) is 30.0 Å². The van der Waals surface area contributed by atoms with E-state index in [0.717, 1.165) is 0 Å². The summed E-state index contributed by atoms with van der Waals surface area (Å²) >= 11 is 0. The Morgan fingerprint density at radius 2 is 1.85 bits per heavy atom. The van der Waals surface area contributed by atoms with Gasteiger partial charge in [0, 0.05) is 16.7 Å². The minimum absolute atomic E-state index is 0.110. The number of rotatable bonds is 2. The molecule has 1 N–H and O–H groups in total. The van der Waals surface area contributed by atoms with Crippen molar-refractivity contribution in [3.8, 4) is 0 Å². The first-order valence-electron chi connectivity index (χ1n) is 5.51. The Morgan fingerprint density at radius 3 is 2.40 bits per heavy atom. The molecule has 0 aromatic heterocycles. The maximum atomic E-state index is 12.1. The number of amides is 1. The van der Waals surface area contributed by atoms with Crippen molar-refractivity contribution in [1.82, 2.24) is 5.32 Å². The van der Waals surface area contributed by atoms with E-state index in [0.29, 0.717) is 11.1 Å². The van der Waals surface area contributed by atoms with E-state index in [-0.39, 0.29) is 17.7 Å². The van der Waals surface area contributed by atoms with Crippen LogP contribution in [0.15, 0.2) is 23.1 Å². The molecule has 0 spiro atoms. The third-order valence-corrected chi connectivity index (χ3v) is 4.34. The molecule has 0 saturated carbocycles. The van der Waals surface area contributed by atoms with Gasteiger partial charge in [-0.05, 0) is 36.1 Å². The molecule has 1 unspecified atom stereocenters. The van der Waals surface area contributed by atoms with Crippen LogP contribution in [0.4, 0.5) is 13.2 Å². The van der Waals surface area contributed by atoms with Crippen LogP contribution in [0.5, 0.6) is 0 Å². The second-order valence-electron chi connectivity index (χ2n) is 4.44. The van der Waals surface area contributed by atoms with Gasteiger partial charge in [0.2, 0.25) is 0 Å². The molecule has 0 heterocycles. The number of carbonyl (C=O) groups is 1. The van der Waals surface area contributed by atoms with Gasteiger partial charge in [0.05, 0.1) is 4.90 Å². The Morgan fingerprint density at radius 1 is 1.25 bits per heavy atom. The Balaban J connectivity index is 2.14. The van der Waals surface area contributed by atoms with Gasteiger partial charge >= 0.3 is 12.1 Å². The molecule has 0 fully saturated rings. The highest BCUT2D eigenvalue weighted by molar-refractivity contribution is 8.13. The molecule has 110 valence electrons. The SMILES string of the molecule is O=C(NC1Cc2ccc(S(=O)(=O)Cl)cc2C1)C(F)(F)F. The maximum Gasteiger partial charge on any atom is 0.471 e. The van der Waals surface area contributed by atoms with Gasteiger partial charge < -0.3 is 5.32 Å². The zero-order valence-electron chi connectivity index (χ0n) is 9.87. The van der Waals surface area contributed by atoms with E-state index < -0.39 is 27.2 Å². The minimum Gasteiger partial charge on any atom is -0.345 e. The Bertz CT molecular complexity index is 657. The molecule has 1 aliphatic carbocycles. The van der Waals surface area contributed by atoms with Crippen LogP contribution in [0.3, 0.4) is 0 Å². The van der Waals surface area contributed by atoms with Crippen molar-refractivity contribution in [3.05, 3.63) is 29.3 Å². The standard InChI is InChI=1S/C11H9ClF3NO3S/c12-20(18,19)9-2-1-6-3-8(4-7(6)5-9)16-10(17)11(13,14)15/h1-2,5,8H,3-4H2,(H,16,17). The zero-order chi connectivity index (χ0) is 15.1. The second kappa shape index (κ2) is 4.92. The van der Waals surface area contributed by atoms with Gasteiger partial charge in [0.25, 0.3) is 9.05 Å². The molecule has 1 aliphatic rings. The molecule has 2 rings (SSSR count). The minimum atomic E-state index is -4.93. The average Bonchev–Trinajstić information content (AvgIpc) is 2.67. The van der Waals surface area contributed by atoms with Gasteiger partial charge in [-0.15, -0.1) is 0 Å². The van der Waals surface area contributed by atoms with E-state index in [2.05, 4.69) is 0 Å².